The maximum Gasteiger partial charge on any atom is 0.317 e. The van der Waals surface area contributed by atoms with Gasteiger partial charge in [-0.15, -0.1) is 0 Å². The zero-order valence-electron chi connectivity index (χ0n) is 21.1. The van der Waals surface area contributed by atoms with Crippen molar-refractivity contribution in [2.24, 2.45) is 0 Å². The van der Waals surface area contributed by atoms with Gasteiger partial charge in [-0.05, 0) is 6.42 Å². The number of methoxy groups -OCH3 is 1. The minimum absolute atomic E-state index is 0.283. The lowest BCUT2D eigenvalue weighted by Gasteiger charge is -2.09. The van der Waals surface area contributed by atoms with E-state index in [1.165, 1.54) is 64.9 Å². The monoisotopic (exact) mass is 476 g/mol. The van der Waals surface area contributed by atoms with Gasteiger partial charge in [0.1, 0.15) is 6.42 Å². The average Bonchev–Trinajstić information content (AvgIpc) is 2.80. The molecule has 1 fully saturated rings. The van der Waals surface area contributed by atoms with Crippen LogP contribution in [0.4, 0.5) is 0 Å². The van der Waals surface area contributed by atoms with Gasteiger partial charge in [0.15, 0.2) is 0 Å². The Kier molecular flexibility index (Phi) is 26.0. The van der Waals surface area contributed by atoms with Crippen LogP contribution in [0.25, 0.3) is 0 Å². The molecule has 0 unspecified atom stereocenters. The van der Waals surface area contributed by atoms with Crippen molar-refractivity contribution in [2.45, 2.75) is 84.0 Å². The van der Waals surface area contributed by atoms with E-state index in [0.29, 0.717) is 59.5 Å². The van der Waals surface area contributed by atoms with E-state index in [0.717, 1.165) is 12.8 Å². The molecule has 8 heteroatoms. The predicted octanol–water partition coefficient (Wildman–Crippen LogP) is 4.47. The minimum Gasteiger partial charge on any atom is -0.469 e. The molecule has 0 spiro atoms. The lowest BCUT2D eigenvalue weighted by Crippen LogP contribution is -2.16. The highest BCUT2D eigenvalue weighted by Crippen LogP contribution is 2.11. The van der Waals surface area contributed by atoms with E-state index in [1.807, 2.05) is 0 Å². The van der Waals surface area contributed by atoms with Gasteiger partial charge in [-0.2, -0.15) is 0 Å². The molecule has 0 aliphatic carbocycles. The second-order valence-corrected chi connectivity index (χ2v) is 7.96. The Morgan fingerprint density at radius 2 is 0.939 bits per heavy atom. The summed E-state index contributed by atoms with van der Waals surface area (Å²) >= 11 is 0. The molecular formula is C25H48O8. The van der Waals surface area contributed by atoms with Crippen molar-refractivity contribution in [1.29, 1.82) is 0 Å². The van der Waals surface area contributed by atoms with E-state index in [-0.39, 0.29) is 6.42 Å². The Balaban J connectivity index is 0.000000716. The van der Waals surface area contributed by atoms with Crippen LogP contribution in [0.5, 0.6) is 0 Å². The topological polar surface area (TPSA) is 89.5 Å². The maximum absolute atomic E-state index is 11.2. The summed E-state index contributed by atoms with van der Waals surface area (Å²) in [6.45, 7) is 7.79. The second kappa shape index (κ2) is 27.0. The van der Waals surface area contributed by atoms with Gasteiger partial charge in [0.25, 0.3) is 0 Å². The number of carbonyl (C=O) groups excluding carboxylic acids is 2. The highest BCUT2D eigenvalue weighted by molar-refractivity contribution is 5.91. The van der Waals surface area contributed by atoms with Gasteiger partial charge in [-0.1, -0.05) is 71.1 Å². The van der Waals surface area contributed by atoms with E-state index in [4.69, 9.17) is 23.7 Å². The Bertz CT molecular complexity index is 388. The van der Waals surface area contributed by atoms with Gasteiger partial charge in [0.05, 0.1) is 66.6 Å². The highest BCUT2D eigenvalue weighted by atomic mass is 16.6. The van der Waals surface area contributed by atoms with Gasteiger partial charge in [-0.25, -0.2) is 0 Å². The number of ether oxygens (including phenoxy) is 6. The van der Waals surface area contributed by atoms with E-state index >= 15 is 0 Å². The van der Waals surface area contributed by atoms with Gasteiger partial charge in [-0.3, -0.25) is 9.59 Å². The zero-order valence-corrected chi connectivity index (χ0v) is 21.1. The molecule has 1 aliphatic heterocycles. The smallest absolute Gasteiger partial charge is 0.317 e. The van der Waals surface area contributed by atoms with Crippen LogP contribution in [-0.4, -0.2) is 78.5 Å². The Hall–Kier alpha value is -1.22. The van der Waals surface area contributed by atoms with Gasteiger partial charge in [0.2, 0.25) is 0 Å². The fraction of sp³-hybridized carbons (Fsp3) is 0.920. The van der Waals surface area contributed by atoms with Crippen LogP contribution in [0.15, 0.2) is 0 Å². The molecule has 8 nitrogen and oxygen atoms in total. The number of hydrogen-bond acceptors (Lipinski definition) is 8. The Morgan fingerprint density at radius 3 is 1.30 bits per heavy atom. The molecule has 0 saturated carbocycles. The molecule has 1 heterocycles. The first-order valence-corrected chi connectivity index (χ1v) is 12.7. The van der Waals surface area contributed by atoms with Crippen LogP contribution in [0.2, 0.25) is 0 Å². The fourth-order valence-electron chi connectivity index (χ4n) is 3.07. The summed E-state index contributed by atoms with van der Waals surface area (Å²) in [7, 11) is 1.26. The molecule has 0 N–H and O–H groups in total. The first-order chi connectivity index (χ1) is 16.2. The minimum atomic E-state index is -0.543. The summed E-state index contributed by atoms with van der Waals surface area (Å²) in [4.78, 5) is 22.0. The summed E-state index contributed by atoms with van der Waals surface area (Å²) in [5.74, 6) is -1.03. The number of hydrogen-bond donors (Lipinski definition) is 0. The van der Waals surface area contributed by atoms with Gasteiger partial charge >= 0.3 is 11.9 Å². The number of rotatable bonds is 14. The third kappa shape index (κ3) is 26.9. The maximum atomic E-state index is 11.2. The molecule has 0 amide bonds. The van der Waals surface area contributed by atoms with Crippen molar-refractivity contribution in [3.8, 4) is 0 Å². The average molecular weight is 477 g/mol. The lowest BCUT2D eigenvalue weighted by molar-refractivity contribution is -0.153. The summed E-state index contributed by atoms with van der Waals surface area (Å²) in [5.41, 5.74) is 0. The summed E-state index contributed by atoms with van der Waals surface area (Å²) < 4.78 is 30.2. The molecular weight excluding hydrogens is 428 g/mol. The molecule has 1 rings (SSSR count). The molecule has 0 radical (unpaired) electrons. The van der Waals surface area contributed by atoms with Crippen LogP contribution >= 0.6 is 0 Å². The molecule has 0 aromatic rings. The van der Waals surface area contributed by atoms with Crippen LogP contribution in [0, 0.1) is 0 Å². The normalized spacial score (nSPS) is 15.3. The molecule has 0 bridgehead atoms. The molecule has 0 aromatic heterocycles. The molecule has 33 heavy (non-hydrogen) atoms. The summed E-state index contributed by atoms with van der Waals surface area (Å²) in [6.07, 6.45) is 13.6. The largest absolute Gasteiger partial charge is 0.469 e. The first kappa shape index (κ1) is 31.8. The first-order valence-electron chi connectivity index (χ1n) is 12.7. The Morgan fingerprint density at radius 1 is 0.576 bits per heavy atom. The Labute approximate surface area is 201 Å². The van der Waals surface area contributed by atoms with E-state index in [2.05, 4.69) is 11.7 Å². The van der Waals surface area contributed by atoms with Crippen molar-refractivity contribution in [2.75, 3.05) is 66.6 Å². The van der Waals surface area contributed by atoms with Crippen LogP contribution < -0.4 is 0 Å². The molecule has 1 aliphatic rings. The molecule has 0 aromatic carbocycles. The molecule has 1 saturated heterocycles. The second-order valence-electron chi connectivity index (χ2n) is 7.96. The van der Waals surface area contributed by atoms with Crippen LogP contribution in [0.3, 0.4) is 0 Å². The standard InChI is InChI=1S/C17H32O4.C8H16O4/c1-3-4-5-6-7-8-9-10-11-12-13-14-21-17(19)15-16(18)20-2;1-2-10-5-6-12-8-7-11-4-3-9-1/h3-15H2,1-2H3;1-8H2. The van der Waals surface area contributed by atoms with Crippen molar-refractivity contribution in [1.82, 2.24) is 0 Å². The van der Waals surface area contributed by atoms with Crippen molar-refractivity contribution in [3.63, 3.8) is 0 Å². The van der Waals surface area contributed by atoms with Crippen molar-refractivity contribution >= 4 is 11.9 Å². The van der Waals surface area contributed by atoms with E-state index in [1.54, 1.807) is 0 Å². The van der Waals surface area contributed by atoms with Gasteiger partial charge < -0.3 is 28.4 Å². The highest BCUT2D eigenvalue weighted by Gasteiger charge is 2.09. The molecule has 0 atom stereocenters. The van der Waals surface area contributed by atoms with Crippen molar-refractivity contribution < 1.29 is 38.0 Å². The third-order valence-electron chi connectivity index (χ3n) is 5.02. The van der Waals surface area contributed by atoms with Crippen LogP contribution in [0.1, 0.15) is 84.0 Å². The number of esters is 2. The predicted molar refractivity (Wildman–Crippen MR) is 127 cm³/mol. The van der Waals surface area contributed by atoms with Crippen LogP contribution in [-0.2, 0) is 38.0 Å². The lowest BCUT2D eigenvalue weighted by atomic mass is 10.1. The van der Waals surface area contributed by atoms with Crippen molar-refractivity contribution in [3.05, 3.63) is 0 Å². The number of carbonyl (C=O) groups is 2. The zero-order chi connectivity index (χ0) is 24.2. The molecule has 196 valence electrons. The summed E-state index contributed by atoms with van der Waals surface area (Å²) in [5, 5.41) is 0. The van der Waals surface area contributed by atoms with E-state index < -0.39 is 11.9 Å². The SMILES string of the molecule is C1COCCOCCOCCO1.CCCCCCCCCCCCCOC(=O)CC(=O)OC. The summed E-state index contributed by atoms with van der Waals surface area (Å²) in [6, 6.07) is 0. The number of unbranched alkanes of at least 4 members (excludes halogenated alkanes) is 10. The fourth-order valence-corrected chi connectivity index (χ4v) is 3.07. The quantitative estimate of drug-likeness (QED) is 0.206. The third-order valence-corrected chi connectivity index (χ3v) is 5.02. The van der Waals surface area contributed by atoms with Gasteiger partial charge in [0, 0.05) is 0 Å². The van der Waals surface area contributed by atoms with E-state index in [9.17, 15) is 9.59 Å².